The maximum Gasteiger partial charge on any atom is 0.291 e. The summed E-state index contributed by atoms with van der Waals surface area (Å²) in [6.45, 7) is 1.88. The number of phenols is 1. The summed E-state index contributed by atoms with van der Waals surface area (Å²) >= 11 is 3.36. The standard InChI is InChI=1S/C19H15BrN2O3/c1-12-9-15(21-11-13-10-14(20)4-7-17(13)23)5-6-16(12)22-19(24)18-3-2-8-25-18/h2-11,23H,1H3,(H,22,24). The molecule has 0 saturated carbocycles. The van der Waals surface area contributed by atoms with Gasteiger partial charge in [-0.1, -0.05) is 15.9 Å². The monoisotopic (exact) mass is 398 g/mol. The van der Waals surface area contributed by atoms with Crippen LogP contribution in [0, 0.1) is 6.92 Å². The van der Waals surface area contributed by atoms with Crippen molar-refractivity contribution in [3.8, 4) is 5.75 Å². The van der Waals surface area contributed by atoms with Crippen molar-refractivity contribution in [2.24, 2.45) is 4.99 Å². The van der Waals surface area contributed by atoms with E-state index in [1.165, 1.54) is 6.26 Å². The molecule has 3 rings (SSSR count). The second-order valence-electron chi connectivity index (χ2n) is 5.39. The van der Waals surface area contributed by atoms with Gasteiger partial charge in [-0.2, -0.15) is 0 Å². The number of aliphatic imine (C=N–C) groups is 1. The number of nitrogens with one attached hydrogen (secondary N) is 1. The number of furan rings is 1. The van der Waals surface area contributed by atoms with Crippen molar-refractivity contribution >= 4 is 39.4 Å². The van der Waals surface area contributed by atoms with Gasteiger partial charge in [0, 0.05) is 21.9 Å². The molecule has 2 N–H and O–H groups in total. The van der Waals surface area contributed by atoms with Gasteiger partial charge < -0.3 is 14.8 Å². The number of benzene rings is 2. The lowest BCUT2D eigenvalue weighted by Gasteiger charge is -2.07. The number of amides is 1. The number of carbonyl (C=O) groups is 1. The first kappa shape index (κ1) is 17.0. The van der Waals surface area contributed by atoms with Gasteiger partial charge in [0.1, 0.15) is 5.75 Å². The molecular weight excluding hydrogens is 384 g/mol. The molecule has 3 aromatic rings. The molecule has 0 bridgehead atoms. The Kier molecular flexibility index (Phi) is 5.00. The van der Waals surface area contributed by atoms with Gasteiger partial charge in [0.25, 0.3) is 5.91 Å². The van der Waals surface area contributed by atoms with Crippen molar-refractivity contribution in [3.05, 3.63) is 76.2 Å². The molecule has 0 aliphatic heterocycles. The quantitative estimate of drug-likeness (QED) is 0.603. The molecule has 5 nitrogen and oxygen atoms in total. The first-order valence-corrected chi connectivity index (χ1v) is 8.30. The predicted molar refractivity (Wildman–Crippen MR) is 101 cm³/mol. The molecular formula is C19H15BrN2O3. The number of halogens is 1. The Balaban J connectivity index is 1.76. The SMILES string of the molecule is Cc1cc(N=Cc2cc(Br)ccc2O)ccc1NC(=O)c1ccco1. The molecule has 126 valence electrons. The molecule has 1 heterocycles. The summed E-state index contributed by atoms with van der Waals surface area (Å²) in [6.07, 6.45) is 3.05. The number of nitrogens with zero attached hydrogens (tertiary/aromatic N) is 1. The maximum absolute atomic E-state index is 12.0. The topological polar surface area (TPSA) is 74.8 Å². The molecule has 6 heteroatoms. The van der Waals surface area contributed by atoms with E-state index < -0.39 is 0 Å². The van der Waals surface area contributed by atoms with Crippen molar-refractivity contribution < 1.29 is 14.3 Å². The molecule has 0 fully saturated rings. The molecule has 0 aliphatic carbocycles. The molecule has 0 spiro atoms. The van der Waals surface area contributed by atoms with E-state index in [1.54, 1.807) is 48.7 Å². The van der Waals surface area contributed by atoms with Crippen molar-refractivity contribution in [2.75, 3.05) is 5.32 Å². The van der Waals surface area contributed by atoms with Crippen LogP contribution in [-0.4, -0.2) is 17.2 Å². The average molecular weight is 399 g/mol. The Bertz CT molecular complexity index is 934. The second-order valence-corrected chi connectivity index (χ2v) is 6.31. The van der Waals surface area contributed by atoms with Crippen molar-refractivity contribution in [1.29, 1.82) is 0 Å². The maximum atomic E-state index is 12.0. The Morgan fingerprint density at radius 3 is 2.80 bits per heavy atom. The molecule has 25 heavy (non-hydrogen) atoms. The summed E-state index contributed by atoms with van der Waals surface area (Å²) in [5.41, 5.74) is 2.88. The van der Waals surface area contributed by atoms with E-state index in [9.17, 15) is 9.90 Å². The number of rotatable bonds is 4. The minimum atomic E-state index is -0.302. The Morgan fingerprint density at radius 2 is 2.08 bits per heavy atom. The number of hydrogen-bond donors (Lipinski definition) is 2. The Hall–Kier alpha value is -2.86. The minimum Gasteiger partial charge on any atom is -0.507 e. The minimum absolute atomic E-state index is 0.158. The first-order chi connectivity index (χ1) is 12.0. The summed E-state index contributed by atoms with van der Waals surface area (Å²) in [5, 5.41) is 12.6. The van der Waals surface area contributed by atoms with E-state index in [0.717, 1.165) is 10.0 Å². The fraction of sp³-hybridized carbons (Fsp3) is 0.0526. The normalized spacial score (nSPS) is 11.0. The number of carbonyl (C=O) groups excluding carboxylic acids is 1. The fourth-order valence-corrected chi connectivity index (χ4v) is 2.61. The van der Waals surface area contributed by atoms with Crippen molar-refractivity contribution in [2.45, 2.75) is 6.92 Å². The molecule has 0 radical (unpaired) electrons. The summed E-state index contributed by atoms with van der Waals surface area (Å²) < 4.78 is 5.94. The van der Waals surface area contributed by atoms with Crippen molar-refractivity contribution in [1.82, 2.24) is 0 Å². The number of phenolic OH excluding ortho intramolecular Hbond substituents is 1. The highest BCUT2D eigenvalue weighted by Gasteiger charge is 2.10. The third-order valence-electron chi connectivity index (χ3n) is 3.55. The van der Waals surface area contributed by atoms with E-state index in [2.05, 4.69) is 26.2 Å². The number of aryl methyl sites for hydroxylation is 1. The van der Waals surface area contributed by atoms with Gasteiger partial charge in [-0.15, -0.1) is 0 Å². The number of hydrogen-bond acceptors (Lipinski definition) is 4. The predicted octanol–water partition coefficient (Wildman–Crippen LogP) is 5.06. The third kappa shape index (κ3) is 4.16. The van der Waals surface area contributed by atoms with E-state index in [-0.39, 0.29) is 17.4 Å². The van der Waals surface area contributed by atoms with Gasteiger partial charge >= 0.3 is 0 Å². The van der Waals surface area contributed by atoms with Crippen LogP contribution in [0.25, 0.3) is 0 Å². The van der Waals surface area contributed by atoms with E-state index in [1.807, 2.05) is 13.0 Å². The Labute approximate surface area is 153 Å². The van der Waals surface area contributed by atoms with Crippen LogP contribution in [0.5, 0.6) is 5.75 Å². The molecule has 0 aliphatic rings. The summed E-state index contributed by atoms with van der Waals surface area (Å²) in [4.78, 5) is 16.4. The molecule has 1 aromatic heterocycles. The van der Waals surface area contributed by atoms with Crippen LogP contribution >= 0.6 is 15.9 Å². The van der Waals surface area contributed by atoms with Gasteiger partial charge in [0.05, 0.1) is 12.0 Å². The molecule has 0 atom stereocenters. The summed E-state index contributed by atoms with van der Waals surface area (Å²) in [7, 11) is 0. The average Bonchev–Trinajstić information content (AvgIpc) is 3.12. The lowest BCUT2D eigenvalue weighted by molar-refractivity contribution is 0.0996. The highest BCUT2D eigenvalue weighted by Crippen LogP contribution is 2.24. The first-order valence-electron chi connectivity index (χ1n) is 7.51. The highest BCUT2D eigenvalue weighted by molar-refractivity contribution is 9.10. The molecule has 1 amide bonds. The molecule has 2 aromatic carbocycles. The van der Waals surface area contributed by atoms with Crippen molar-refractivity contribution in [3.63, 3.8) is 0 Å². The van der Waals surface area contributed by atoms with Gasteiger partial charge in [-0.3, -0.25) is 9.79 Å². The zero-order chi connectivity index (χ0) is 17.8. The highest BCUT2D eigenvalue weighted by atomic mass is 79.9. The van der Waals surface area contributed by atoms with Gasteiger partial charge in [-0.05, 0) is 61.0 Å². The zero-order valence-corrected chi connectivity index (χ0v) is 14.9. The van der Waals surface area contributed by atoms with E-state index in [4.69, 9.17) is 4.42 Å². The zero-order valence-electron chi connectivity index (χ0n) is 13.4. The fourth-order valence-electron chi connectivity index (χ4n) is 2.23. The molecule has 0 unspecified atom stereocenters. The van der Waals surface area contributed by atoms with Crippen LogP contribution in [0.15, 0.2) is 68.7 Å². The Morgan fingerprint density at radius 1 is 1.24 bits per heavy atom. The van der Waals surface area contributed by atoms with Crippen LogP contribution in [0.3, 0.4) is 0 Å². The lowest BCUT2D eigenvalue weighted by Crippen LogP contribution is -2.11. The van der Waals surface area contributed by atoms with Gasteiger partial charge in [0.15, 0.2) is 5.76 Å². The van der Waals surface area contributed by atoms with Crippen LogP contribution in [-0.2, 0) is 0 Å². The van der Waals surface area contributed by atoms with E-state index >= 15 is 0 Å². The largest absolute Gasteiger partial charge is 0.507 e. The van der Waals surface area contributed by atoms with Crippen LogP contribution < -0.4 is 5.32 Å². The smallest absolute Gasteiger partial charge is 0.291 e. The summed E-state index contributed by atoms with van der Waals surface area (Å²) in [6, 6.07) is 13.8. The van der Waals surface area contributed by atoms with Gasteiger partial charge in [-0.25, -0.2) is 0 Å². The van der Waals surface area contributed by atoms with Gasteiger partial charge in [0.2, 0.25) is 0 Å². The van der Waals surface area contributed by atoms with Crippen LogP contribution in [0.1, 0.15) is 21.7 Å². The lowest BCUT2D eigenvalue weighted by atomic mass is 10.1. The number of aromatic hydroxyl groups is 1. The third-order valence-corrected chi connectivity index (χ3v) is 4.04. The van der Waals surface area contributed by atoms with E-state index in [0.29, 0.717) is 16.9 Å². The summed E-state index contributed by atoms with van der Waals surface area (Å²) in [5.74, 6) is 0.112. The second kappa shape index (κ2) is 7.36. The van der Waals surface area contributed by atoms with Crippen LogP contribution in [0.2, 0.25) is 0 Å². The number of anilines is 1. The molecule has 0 saturated heterocycles. The van der Waals surface area contributed by atoms with Crippen LogP contribution in [0.4, 0.5) is 11.4 Å².